The average molecular weight is 723 g/mol. The summed E-state index contributed by atoms with van der Waals surface area (Å²) < 4.78 is 108. The van der Waals surface area contributed by atoms with Crippen molar-refractivity contribution in [1.82, 2.24) is 10.2 Å². The molecule has 0 aliphatic carbocycles. The number of nitrogens with one attached hydrogen (secondary N) is 1. The number of ether oxygens (including phenoxy) is 6. The predicted octanol–water partition coefficient (Wildman–Crippen LogP) is 5.34. The Bertz CT molecular complexity index is 2010. The summed E-state index contributed by atoms with van der Waals surface area (Å²) in [6.07, 6.45) is -5.31. The van der Waals surface area contributed by atoms with Gasteiger partial charge in [0.15, 0.2) is 33.3 Å². The van der Waals surface area contributed by atoms with E-state index in [1.165, 1.54) is 47.7 Å². The Morgan fingerprint density at radius 3 is 2.18 bits per heavy atom. The number of sulfone groups is 1. The van der Waals surface area contributed by atoms with Gasteiger partial charge in [-0.2, -0.15) is 13.2 Å². The van der Waals surface area contributed by atoms with Gasteiger partial charge in [-0.3, -0.25) is 15.0 Å². The lowest BCUT2D eigenvalue weighted by Gasteiger charge is -2.38. The fourth-order valence-electron chi connectivity index (χ4n) is 5.80. The number of alkyl halides is 3. The van der Waals surface area contributed by atoms with Crippen molar-refractivity contribution in [2.45, 2.75) is 36.0 Å². The summed E-state index contributed by atoms with van der Waals surface area (Å²) >= 11 is 0. The third-order valence-corrected chi connectivity index (χ3v) is 10.3. The first-order chi connectivity index (χ1) is 23.8. The van der Waals surface area contributed by atoms with Crippen LogP contribution in [0.3, 0.4) is 0 Å². The van der Waals surface area contributed by atoms with Gasteiger partial charge in [-0.25, -0.2) is 8.42 Å². The van der Waals surface area contributed by atoms with Crippen molar-refractivity contribution in [1.29, 1.82) is 0 Å². The molecule has 270 valence electrons. The largest absolute Gasteiger partial charge is 0.496 e. The van der Waals surface area contributed by atoms with Crippen molar-refractivity contribution < 1.29 is 54.4 Å². The summed E-state index contributed by atoms with van der Waals surface area (Å²) in [6, 6.07) is 9.84. The van der Waals surface area contributed by atoms with Gasteiger partial charge < -0.3 is 32.8 Å². The third-order valence-electron chi connectivity index (χ3n) is 8.32. The minimum absolute atomic E-state index is 0.00113. The van der Waals surface area contributed by atoms with Gasteiger partial charge in [0.05, 0.1) is 46.0 Å². The maximum Gasteiger partial charge on any atom is 0.416 e. The van der Waals surface area contributed by atoms with E-state index >= 15 is 0 Å². The number of nitrogens with zero attached hydrogens (tertiary/aromatic N) is 1. The molecule has 1 aromatic heterocycles. The van der Waals surface area contributed by atoms with Crippen LogP contribution in [0.25, 0.3) is 22.3 Å². The number of fused-ring (bicyclic) bond motifs is 1. The predicted molar refractivity (Wildman–Crippen MR) is 177 cm³/mol. The van der Waals surface area contributed by atoms with Crippen LogP contribution in [0.5, 0.6) is 34.5 Å². The summed E-state index contributed by atoms with van der Waals surface area (Å²) in [5.41, 5.74) is -1.20. The summed E-state index contributed by atoms with van der Waals surface area (Å²) in [5, 5.41) is 1.71. The van der Waals surface area contributed by atoms with Gasteiger partial charge in [0.2, 0.25) is 16.9 Å². The molecule has 16 heteroatoms. The molecule has 2 unspecified atom stereocenters. The molecule has 4 aromatic rings. The van der Waals surface area contributed by atoms with E-state index < -0.39 is 43.5 Å². The van der Waals surface area contributed by atoms with E-state index in [9.17, 15) is 26.4 Å². The fourth-order valence-corrected chi connectivity index (χ4v) is 7.42. The van der Waals surface area contributed by atoms with E-state index in [4.69, 9.17) is 32.8 Å². The third kappa shape index (κ3) is 7.00. The lowest BCUT2D eigenvalue weighted by Crippen LogP contribution is -2.57. The number of hydrogen-bond donors (Lipinski definition) is 1. The van der Waals surface area contributed by atoms with Crippen LogP contribution in [-0.2, 0) is 16.0 Å². The number of rotatable bonds is 12. The molecule has 0 radical (unpaired) electrons. The zero-order chi connectivity index (χ0) is 36.4. The van der Waals surface area contributed by atoms with Crippen LogP contribution in [0.1, 0.15) is 18.9 Å². The van der Waals surface area contributed by atoms with E-state index in [1.54, 1.807) is 24.0 Å². The molecule has 0 bridgehead atoms. The highest BCUT2D eigenvalue weighted by Crippen LogP contribution is 2.44. The van der Waals surface area contributed by atoms with Crippen LogP contribution in [0.2, 0.25) is 0 Å². The average Bonchev–Trinajstić information content (AvgIpc) is 3.12. The maximum absolute atomic E-state index is 14.4. The van der Waals surface area contributed by atoms with Crippen molar-refractivity contribution in [2.75, 3.05) is 55.2 Å². The van der Waals surface area contributed by atoms with Crippen molar-refractivity contribution in [3.8, 4) is 45.8 Å². The number of hydrogen-bond acceptors (Lipinski definition) is 12. The Kier molecular flexibility index (Phi) is 10.7. The lowest BCUT2D eigenvalue weighted by molar-refractivity contribution is -0.137. The van der Waals surface area contributed by atoms with Crippen molar-refractivity contribution in [3.63, 3.8) is 0 Å². The fraction of sp³-hybridized carbons (Fsp3) is 0.382. The molecule has 5 rings (SSSR count). The van der Waals surface area contributed by atoms with Gasteiger partial charge in [0.25, 0.3) is 0 Å². The molecule has 1 saturated heterocycles. The molecule has 3 aromatic carbocycles. The quantitative estimate of drug-likeness (QED) is 0.202. The zero-order valence-corrected chi connectivity index (χ0v) is 29.0. The Hall–Kier alpha value is -4.67. The van der Waals surface area contributed by atoms with Crippen molar-refractivity contribution >= 4 is 20.8 Å². The summed E-state index contributed by atoms with van der Waals surface area (Å²) in [5.74, 6) is 1.16. The van der Waals surface area contributed by atoms with Gasteiger partial charge in [-0.05, 0) is 36.8 Å². The second-order valence-electron chi connectivity index (χ2n) is 11.2. The standard InChI is InChI=1S/C34H37F3N2O10S/c1-7-28(39-12-11-38-27(18-39)50(41,42)22-10-8-9-20(15-22)34(35,36)37)49-33-30(40)29-23(44-3)16-21(43-2)17-24(29)48-31(33)19-13-25(45-4)32(47-6)26(14-19)46-5/h8-10,13-17,27-28,38H,7,11-12,18H2,1-6H3. The molecule has 1 aliphatic heterocycles. The highest BCUT2D eigenvalue weighted by molar-refractivity contribution is 7.92. The van der Waals surface area contributed by atoms with Gasteiger partial charge in [-0.1, -0.05) is 13.0 Å². The molecule has 0 amide bonds. The topological polar surface area (TPSA) is 135 Å². The molecule has 1 N–H and O–H groups in total. The number of halogens is 3. The van der Waals surface area contributed by atoms with Gasteiger partial charge in [0.1, 0.15) is 27.8 Å². The number of methoxy groups -OCH3 is 5. The second kappa shape index (κ2) is 14.7. The Balaban J connectivity index is 1.61. The van der Waals surface area contributed by atoms with Crippen LogP contribution in [-0.4, -0.2) is 80.1 Å². The van der Waals surface area contributed by atoms with E-state index in [0.717, 1.165) is 18.2 Å². The summed E-state index contributed by atoms with van der Waals surface area (Å²) in [6.45, 7) is 2.10. The summed E-state index contributed by atoms with van der Waals surface area (Å²) in [7, 11) is 2.89. The Morgan fingerprint density at radius 1 is 0.920 bits per heavy atom. The van der Waals surface area contributed by atoms with Gasteiger partial charge in [0, 0.05) is 37.3 Å². The molecule has 1 aliphatic rings. The molecule has 1 fully saturated rings. The van der Waals surface area contributed by atoms with E-state index in [0.29, 0.717) is 29.7 Å². The van der Waals surface area contributed by atoms with Crippen LogP contribution in [0.4, 0.5) is 13.2 Å². The first-order valence-corrected chi connectivity index (χ1v) is 16.9. The van der Waals surface area contributed by atoms with Crippen LogP contribution in [0.15, 0.2) is 62.6 Å². The molecule has 2 heterocycles. The minimum Gasteiger partial charge on any atom is -0.496 e. The first-order valence-electron chi connectivity index (χ1n) is 15.4. The lowest BCUT2D eigenvalue weighted by atomic mass is 10.1. The number of benzene rings is 3. The SMILES string of the molecule is CCC(Oc1c(-c2cc(OC)c(OC)c(OC)c2)oc2cc(OC)cc(OC)c2c1=O)N1CCNC(S(=O)(=O)c2cccc(C(F)(F)F)c2)C1. The normalized spacial score (nSPS) is 16.1. The molecule has 12 nitrogen and oxygen atoms in total. The second-order valence-corrected chi connectivity index (χ2v) is 13.3. The Morgan fingerprint density at radius 2 is 1.60 bits per heavy atom. The van der Waals surface area contributed by atoms with Crippen LogP contribution >= 0.6 is 0 Å². The minimum atomic E-state index is -4.72. The molecule has 0 saturated carbocycles. The molecule has 2 atom stereocenters. The number of piperazine rings is 1. The molecular weight excluding hydrogens is 685 g/mol. The van der Waals surface area contributed by atoms with Crippen LogP contribution in [0, 0.1) is 0 Å². The molecule has 50 heavy (non-hydrogen) atoms. The Labute approximate surface area is 286 Å². The van der Waals surface area contributed by atoms with Crippen LogP contribution < -0.4 is 39.2 Å². The smallest absolute Gasteiger partial charge is 0.416 e. The highest BCUT2D eigenvalue weighted by atomic mass is 32.2. The first kappa shape index (κ1) is 36.6. The van der Waals surface area contributed by atoms with Crippen molar-refractivity contribution in [3.05, 3.63) is 64.3 Å². The summed E-state index contributed by atoms with van der Waals surface area (Å²) in [4.78, 5) is 15.6. The van der Waals surface area contributed by atoms with Gasteiger partial charge >= 0.3 is 6.18 Å². The van der Waals surface area contributed by atoms with E-state index in [-0.39, 0.29) is 59.2 Å². The van der Waals surface area contributed by atoms with E-state index in [2.05, 4.69) is 5.32 Å². The molecular formula is C34H37F3N2O10S. The molecule has 0 spiro atoms. The highest BCUT2D eigenvalue weighted by Gasteiger charge is 2.38. The maximum atomic E-state index is 14.4. The van der Waals surface area contributed by atoms with Crippen molar-refractivity contribution in [2.24, 2.45) is 0 Å². The van der Waals surface area contributed by atoms with E-state index in [1.807, 2.05) is 0 Å². The zero-order valence-electron chi connectivity index (χ0n) is 28.2. The van der Waals surface area contributed by atoms with Gasteiger partial charge in [-0.15, -0.1) is 0 Å². The monoisotopic (exact) mass is 722 g/mol.